The Bertz CT molecular complexity index is 980. The second-order valence-electron chi connectivity index (χ2n) is 7.73. The molecule has 0 saturated carbocycles. The normalized spacial score (nSPS) is 16.6. The van der Waals surface area contributed by atoms with Crippen LogP contribution in [0.3, 0.4) is 0 Å². The maximum Gasteiger partial charge on any atom is 0.278 e. The van der Waals surface area contributed by atoms with Gasteiger partial charge >= 0.3 is 0 Å². The van der Waals surface area contributed by atoms with Gasteiger partial charge in [-0.25, -0.2) is 0 Å². The summed E-state index contributed by atoms with van der Waals surface area (Å²) in [6, 6.07) is 15.0. The monoisotopic (exact) mass is 439 g/mol. The lowest BCUT2D eigenvalue weighted by molar-refractivity contribution is -0.136. The number of rotatable bonds is 8. The van der Waals surface area contributed by atoms with Crippen molar-refractivity contribution in [1.29, 1.82) is 0 Å². The van der Waals surface area contributed by atoms with Crippen molar-refractivity contribution >= 4 is 40.4 Å². The number of ether oxygens (including phenoxy) is 1. The Morgan fingerprint density at radius 2 is 1.65 bits per heavy atom. The van der Waals surface area contributed by atoms with Crippen molar-refractivity contribution < 1.29 is 14.3 Å². The van der Waals surface area contributed by atoms with Crippen LogP contribution in [0, 0.1) is 0 Å². The van der Waals surface area contributed by atoms with Gasteiger partial charge in [-0.2, -0.15) is 0 Å². The molecule has 31 heavy (non-hydrogen) atoms. The summed E-state index contributed by atoms with van der Waals surface area (Å²) in [4.78, 5) is 29.9. The van der Waals surface area contributed by atoms with Crippen LogP contribution in [0.2, 0.25) is 5.02 Å². The number of hydrogen-bond donors (Lipinski definition) is 1. The summed E-state index contributed by atoms with van der Waals surface area (Å²) in [6.07, 6.45) is 3.01. The molecule has 162 valence electrons. The van der Waals surface area contributed by atoms with E-state index in [1.807, 2.05) is 24.3 Å². The van der Waals surface area contributed by atoms with Gasteiger partial charge in [0.25, 0.3) is 11.8 Å². The summed E-state index contributed by atoms with van der Waals surface area (Å²) >= 11 is 6.02. The smallest absolute Gasteiger partial charge is 0.278 e. The molecule has 0 aromatic heterocycles. The van der Waals surface area contributed by atoms with Gasteiger partial charge in [0.15, 0.2) is 0 Å². The highest BCUT2D eigenvalue weighted by molar-refractivity contribution is 6.36. The summed E-state index contributed by atoms with van der Waals surface area (Å²) in [5.41, 5.74) is 3.25. The van der Waals surface area contributed by atoms with Gasteiger partial charge in [0.05, 0.1) is 5.57 Å². The fourth-order valence-corrected chi connectivity index (χ4v) is 4.15. The van der Waals surface area contributed by atoms with E-state index in [0.717, 1.165) is 18.8 Å². The number of hydrogen-bond acceptors (Lipinski definition) is 5. The zero-order valence-electron chi connectivity index (χ0n) is 17.6. The van der Waals surface area contributed by atoms with Crippen LogP contribution < -0.4 is 10.2 Å². The number of imide groups is 1. The number of carbonyl (C=O) groups excluding carboxylic acids is 2. The lowest BCUT2D eigenvalue weighted by atomic mass is 10.0. The first-order valence-electron chi connectivity index (χ1n) is 10.6. The lowest BCUT2D eigenvalue weighted by Crippen LogP contribution is -2.33. The van der Waals surface area contributed by atoms with E-state index in [0.29, 0.717) is 41.4 Å². The van der Waals surface area contributed by atoms with Crippen LogP contribution >= 0.6 is 11.6 Å². The van der Waals surface area contributed by atoms with E-state index >= 15 is 0 Å². The molecule has 2 aromatic carbocycles. The van der Waals surface area contributed by atoms with E-state index in [1.165, 1.54) is 23.4 Å². The van der Waals surface area contributed by atoms with Crippen molar-refractivity contribution in [3.63, 3.8) is 0 Å². The molecule has 6 nitrogen and oxygen atoms in total. The van der Waals surface area contributed by atoms with Crippen molar-refractivity contribution in [3.8, 4) is 0 Å². The lowest BCUT2D eigenvalue weighted by Gasteiger charge is -2.18. The molecule has 0 radical (unpaired) electrons. The largest absolute Gasteiger partial charge is 0.385 e. The maximum absolute atomic E-state index is 13.2. The maximum atomic E-state index is 13.2. The molecule has 1 saturated heterocycles. The highest BCUT2D eigenvalue weighted by atomic mass is 35.5. The fraction of sp³-hybridized carbons (Fsp3) is 0.333. The van der Waals surface area contributed by atoms with Crippen molar-refractivity contribution in [2.45, 2.75) is 19.3 Å². The first kappa shape index (κ1) is 21.4. The third-order valence-electron chi connectivity index (χ3n) is 5.64. The van der Waals surface area contributed by atoms with Crippen LogP contribution in [-0.4, -0.2) is 50.1 Å². The quantitative estimate of drug-likeness (QED) is 0.494. The number of anilines is 2. The average Bonchev–Trinajstić information content (AvgIpc) is 3.39. The van der Waals surface area contributed by atoms with Crippen molar-refractivity contribution in [1.82, 2.24) is 4.90 Å². The van der Waals surface area contributed by atoms with Gasteiger partial charge in [-0.15, -0.1) is 0 Å². The molecular weight excluding hydrogens is 414 g/mol. The molecule has 0 spiro atoms. The van der Waals surface area contributed by atoms with Gasteiger partial charge in [-0.1, -0.05) is 23.7 Å². The van der Waals surface area contributed by atoms with Gasteiger partial charge in [-0.05, 0) is 61.2 Å². The number of carbonyl (C=O) groups is 2. The van der Waals surface area contributed by atoms with Crippen molar-refractivity contribution in [2.24, 2.45) is 0 Å². The van der Waals surface area contributed by atoms with E-state index in [4.69, 9.17) is 16.3 Å². The second kappa shape index (κ2) is 9.54. The fourth-order valence-electron chi connectivity index (χ4n) is 4.02. The van der Waals surface area contributed by atoms with Gasteiger partial charge in [0.1, 0.15) is 5.70 Å². The summed E-state index contributed by atoms with van der Waals surface area (Å²) in [5, 5.41) is 3.78. The molecule has 0 atom stereocenters. The number of nitrogens with one attached hydrogen (secondary N) is 1. The summed E-state index contributed by atoms with van der Waals surface area (Å²) < 4.78 is 5.08. The Balaban J connectivity index is 1.62. The minimum atomic E-state index is -0.324. The highest BCUT2D eigenvalue weighted by Gasteiger charge is 2.38. The highest BCUT2D eigenvalue weighted by Crippen LogP contribution is 2.32. The molecule has 1 N–H and O–H groups in total. The van der Waals surface area contributed by atoms with Crippen LogP contribution in [-0.2, 0) is 14.3 Å². The predicted octanol–water partition coefficient (Wildman–Crippen LogP) is 4.17. The van der Waals surface area contributed by atoms with E-state index < -0.39 is 0 Å². The van der Waals surface area contributed by atoms with Crippen LogP contribution in [0.5, 0.6) is 0 Å². The topological polar surface area (TPSA) is 61.9 Å². The van der Waals surface area contributed by atoms with Crippen molar-refractivity contribution in [3.05, 3.63) is 64.8 Å². The molecule has 2 aromatic rings. The average molecular weight is 440 g/mol. The molecule has 7 heteroatoms. The third kappa shape index (κ3) is 4.60. The summed E-state index contributed by atoms with van der Waals surface area (Å²) in [6.45, 7) is 2.93. The second-order valence-corrected chi connectivity index (χ2v) is 8.17. The van der Waals surface area contributed by atoms with Gasteiger partial charge in [0.2, 0.25) is 0 Å². The molecule has 1 fully saturated rings. The minimum absolute atomic E-state index is 0.290. The Kier molecular flexibility index (Phi) is 6.59. The zero-order chi connectivity index (χ0) is 21.8. The Morgan fingerprint density at radius 1 is 0.968 bits per heavy atom. The van der Waals surface area contributed by atoms with E-state index in [1.54, 1.807) is 31.4 Å². The number of halogens is 1. The van der Waals surface area contributed by atoms with Gasteiger partial charge in [0, 0.05) is 49.7 Å². The number of amides is 2. The van der Waals surface area contributed by atoms with Crippen molar-refractivity contribution in [2.75, 3.05) is 43.6 Å². The Morgan fingerprint density at radius 3 is 2.29 bits per heavy atom. The number of nitrogens with zero attached hydrogens (tertiary/aromatic N) is 2. The molecule has 2 aliphatic rings. The predicted molar refractivity (Wildman–Crippen MR) is 123 cm³/mol. The first-order valence-corrected chi connectivity index (χ1v) is 10.9. The van der Waals surface area contributed by atoms with E-state index in [2.05, 4.69) is 10.2 Å². The molecule has 0 aliphatic carbocycles. The van der Waals surface area contributed by atoms with Crippen LogP contribution in [0.1, 0.15) is 24.8 Å². The van der Waals surface area contributed by atoms with Crippen LogP contribution in [0.4, 0.5) is 11.4 Å². The molecule has 2 heterocycles. The van der Waals surface area contributed by atoms with Crippen LogP contribution in [0.25, 0.3) is 5.57 Å². The zero-order valence-corrected chi connectivity index (χ0v) is 18.3. The molecular formula is C24H26ClN3O3. The minimum Gasteiger partial charge on any atom is -0.385 e. The number of methoxy groups -OCH3 is 1. The molecule has 2 amide bonds. The summed E-state index contributed by atoms with van der Waals surface area (Å²) in [7, 11) is 1.60. The Labute approximate surface area is 187 Å². The SMILES string of the molecule is COCCCN1C(=O)C(Nc2ccc(N3CCCC3)cc2)=C(c2ccc(Cl)cc2)C1=O. The first-order chi connectivity index (χ1) is 15.1. The number of benzene rings is 2. The standard InChI is InChI=1S/C24H26ClN3O3/c1-31-16-4-15-28-23(29)21(17-5-7-18(25)8-6-17)22(24(28)30)26-19-9-11-20(12-10-19)27-13-2-3-14-27/h5-12,26H,2-4,13-16H2,1H3. The van der Waals surface area contributed by atoms with Gasteiger partial charge < -0.3 is 15.0 Å². The Hall–Kier alpha value is -2.83. The molecule has 4 rings (SSSR count). The van der Waals surface area contributed by atoms with E-state index in [-0.39, 0.29) is 11.8 Å². The molecule has 2 aliphatic heterocycles. The van der Waals surface area contributed by atoms with E-state index in [9.17, 15) is 9.59 Å². The van der Waals surface area contributed by atoms with Gasteiger partial charge in [-0.3, -0.25) is 14.5 Å². The molecule has 0 bridgehead atoms. The summed E-state index contributed by atoms with van der Waals surface area (Å²) in [5.74, 6) is -0.630. The molecule has 0 unspecified atom stereocenters. The van der Waals surface area contributed by atoms with Crippen LogP contribution in [0.15, 0.2) is 54.2 Å². The third-order valence-corrected chi connectivity index (χ3v) is 5.89.